The van der Waals surface area contributed by atoms with Gasteiger partial charge in [-0.2, -0.15) is 5.10 Å². The number of nitrogens with zero attached hydrogens (tertiary/aromatic N) is 1. The highest BCUT2D eigenvalue weighted by atomic mass is 16.2. The number of benzene rings is 1. The van der Waals surface area contributed by atoms with E-state index in [1.54, 1.807) is 0 Å². The Morgan fingerprint density at radius 1 is 1.28 bits per heavy atom. The number of rotatable bonds is 6. The largest absolute Gasteiger partial charge is 0.273 e. The maximum Gasteiger partial charge on any atom is 0.240 e. The fourth-order valence-corrected chi connectivity index (χ4v) is 1.65. The van der Waals surface area contributed by atoms with Gasteiger partial charge in [-0.1, -0.05) is 57.5 Å². The summed E-state index contributed by atoms with van der Waals surface area (Å²) in [7, 11) is 0. The summed E-state index contributed by atoms with van der Waals surface area (Å²) in [6, 6.07) is 9.95. The van der Waals surface area contributed by atoms with E-state index in [9.17, 15) is 4.79 Å². The Hall–Kier alpha value is -1.64. The summed E-state index contributed by atoms with van der Waals surface area (Å²) in [6.45, 7) is 6.22. The van der Waals surface area contributed by atoms with Gasteiger partial charge < -0.3 is 0 Å². The summed E-state index contributed by atoms with van der Waals surface area (Å²) in [5.41, 5.74) is 4.62. The van der Waals surface area contributed by atoms with Crippen molar-refractivity contribution < 1.29 is 4.79 Å². The maximum absolute atomic E-state index is 11.5. The van der Waals surface area contributed by atoms with Crippen LogP contribution in [0, 0.1) is 5.92 Å². The van der Waals surface area contributed by atoms with Gasteiger partial charge >= 0.3 is 0 Å². The molecule has 0 radical (unpaired) electrons. The lowest BCUT2D eigenvalue weighted by Crippen LogP contribution is -2.21. The summed E-state index contributed by atoms with van der Waals surface area (Å²) >= 11 is 0. The molecule has 0 saturated carbocycles. The van der Waals surface area contributed by atoms with E-state index in [-0.39, 0.29) is 11.8 Å². The molecule has 3 heteroatoms. The highest BCUT2D eigenvalue weighted by Crippen LogP contribution is 2.09. The standard InChI is InChI=1S/C15H22N2O/c1-4-5-11-14(18)16-17-15(12(2)3)13-9-7-6-8-10-13/h6-10,12H,4-5,11H2,1-3H3,(H,16,18)/b17-15+. The Kier molecular flexibility index (Phi) is 6.12. The summed E-state index contributed by atoms with van der Waals surface area (Å²) in [5.74, 6) is 0.268. The lowest BCUT2D eigenvalue weighted by molar-refractivity contribution is -0.121. The molecule has 0 spiro atoms. The SMILES string of the molecule is CCCCC(=O)N/N=C(/c1ccccc1)C(C)C. The van der Waals surface area contributed by atoms with Crippen LogP contribution in [0.5, 0.6) is 0 Å². The molecule has 0 fully saturated rings. The molecule has 0 aliphatic rings. The Labute approximate surface area is 109 Å². The first-order valence-corrected chi connectivity index (χ1v) is 6.57. The van der Waals surface area contributed by atoms with Crippen LogP contribution in [0.15, 0.2) is 35.4 Å². The van der Waals surface area contributed by atoms with Crippen LogP contribution in [-0.2, 0) is 4.79 Å². The number of nitrogens with one attached hydrogen (secondary N) is 1. The van der Waals surface area contributed by atoms with Gasteiger partial charge in [0, 0.05) is 6.42 Å². The molecular weight excluding hydrogens is 224 g/mol. The zero-order valence-corrected chi connectivity index (χ0v) is 11.4. The molecule has 0 heterocycles. The van der Waals surface area contributed by atoms with Crippen LogP contribution in [0.4, 0.5) is 0 Å². The van der Waals surface area contributed by atoms with Gasteiger partial charge in [-0.15, -0.1) is 0 Å². The van der Waals surface area contributed by atoms with Crippen molar-refractivity contribution in [3.63, 3.8) is 0 Å². The molecule has 0 atom stereocenters. The van der Waals surface area contributed by atoms with Crippen molar-refractivity contribution >= 4 is 11.6 Å². The van der Waals surface area contributed by atoms with E-state index in [1.807, 2.05) is 30.3 Å². The summed E-state index contributed by atoms with van der Waals surface area (Å²) < 4.78 is 0. The molecule has 1 rings (SSSR count). The van der Waals surface area contributed by atoms with Gasteiger partial charge in [0.25, 0.3) is 0 Å². The lowest BCUT2D eigenvalue weighted by atomic mass is 10.0. The van der Waals surface area contributed by atoms with Crippen LogP contribution < -0.4 is 5.43 Å². The predicted octanol–water partition coefficient (Wildman–Crippen LogP) is 3.35. The smallest absolute Gasteiger partial charge is 0.240 e. The molecule has 0 bridgehead atoms. The Morgan fingerprint density at radius 2 is 1.94 bits per heavy atom. The molecule has 1 aromatic carbocycles. The second-order valence-electron chi connectivity index (χ2n) is 4.66. The molecule has 1 amide bonds. The van der Waals surface area contributed by atoms with Gasteiger partial charge in [-0.05, 0) is 17.9 Å². The third-order valence-electron chi connectivity index (χ3n) is 2.67. The summed E-state index contributed by atoms with van der Waals surface area (Å²) in [4.78, 5) is 11.5. The first kappa shape index (κ1) is 14.4. The van der Waals surface area contributed by atoms with Crippen LogP contribution in [-0.4, -0.2) is 11.6 Å². The van der Waals surface area contributed by atoms with E-state index in [4.69, 9.17) is 0 Å². The Bertz CT molecular complexity index is 396. The quantitative estimate of drug-likeness (QED) is 0.607. The van der Waals surface area contributed by atoms with Crippen molar-refractivity contribution in [2.24, 2.45) is 11.0 Å². The zero-order valence-electron chi connectivity index (χ0n) is 11.4. The summed E-state index contributed by atoms with van der Waals surface area (Å²) in [5, 5.41) is 4.26. The molecule has 0 aromatic heterocycles. The van der Waals surface area contributed by atoms with Crippen molar-refractivity contribution in [2.45, 2.75) is 40.0 Å². The molecule has 18 heavy (non-hydrogen) atoms. The fourth-order valence-electron chi connectivity index (χ4n) is 1.65. The van der Waals surface area contributed by atoms with Crippen LogP contribution in [0.3, 0.4) is 0 Å². The number of hydrogen-bond acceptors (Lipinski definition) is 2. The molecule has 0 unspecified atom stereocenters. The number of hydrazone groups is 1. The van der Waals surface area contributed by atoms with Crippen LogP contribution in [0.25, 0.3) is 0 Å². The van der Waals surface area contributed by atoms with Crippen molar-refractivity contribution in [3.05, 3.63) is 35.9 Å². The van der Waals surface area contributed by atoms with Crippen molar-refractivity contribution in [1.29, 1.82) is 0 Å². The van der Waals surface area contributed by atoms with E-state index in [0.717, 1.165) is 24.1 Å². The van der Waals surface area contributed by atoms with Crippen molar-refractivity contribution in [1.82, 2.24) is 5.43 Å². The third kappa shape index (κ3) is 4.70. The number of unbranched alkanes of at least 4 members (excludes halogenated alkanes) is 1. The Morgan fingerprint density at radius 3 is 2.50 bits per heavy atom. The minimum Gasteiger partial charge on any atom is -0.273 e. The van der Waals surface area contributed by atoms with E-state index in [1.165, 1.54) is 0 Å². The van der Waals surface area contributed by atoms with Crippen LogP contribution >= 0.6 is 0 Å². The average molecular weight is 246 g/mol. The second-order valence-corrected chi connectivity index (χ2v) is 4.66. The van der Waals surface area contributed by atoms with Gasteiger partial charge in [0.2, 0.25) is 5.91 Å². The van der Waals surface area contributed by atoms with Gasteiger partial charge in [0.05, 0.1) is 5.71 Å². The normalized spacial score (nSPS) is 11.7. The minimum atomic E-state index is -0.00840. The molecule has 98 valence electrons. The average Bonchev–Trinajstić information content (AvgIpc) is 2.37. The summed E-state index contributed by atoms with van der Waals surface area (Å²) in [6.07, 6.45) is 2.47. The molecule has 0 saturated heterocycles. The number of hydrogen-bond donors (Lipinski definition) is 1. The number of amides is 1. The topological polar surface area (TPSA) is 41.5 Å². The van der Waals surface area contributed by atoms with E-state index in [0.29, 0.717) is 6.42 Å². The molecule has 0 aliphatic heterocycles. The predicted molar refractivity (Wildman–Crippen MR) is 75.5 cm³/mol. The molecule has 3 nitrogen and oxygen atoms in total. The van der Waals surface area contributed by atoms with Gasteiger partial charge in [0.15, 0.2) is 0 Å². The molecule has 1 aromatic rings. The van der Waals surface area contributed by atoms with E-state index >= 15 is 0 Å². The molecule has 1 N–H and O–H groups in total. The highest BCUT2D eigenvalue weighted by Gasteiger charge is 2.08. The Balaban J connectivity index is 2.71. The second kappa shape index (κ2) is 7.64. The third-order valence-corrected chi connectivity index (χ3v) is 2.67. The lowest BCUT2D eigenvalue weighted by Gasteiger charge is -2.10. The van der Waals surface area contributed by atoms with Crippen molar-refractivity contribution in [3.8, 4) is 0 Å². The van der Waals surface area contributed by atoms with Gasteiger partial charge in [-0.3, -0.25) is 4.79 Å². The van der Waals surface area contributed by atoms with Gasteiger partial charge in [-0.25, -0.2) is 5.43 Å². The van der Waals surface area contributed by atoms with E-state index < -0.39 is 0 Å². The molecule has 0 aliphatic carbocycles. The monoisotopic (exact) mass is 246 g/mol. The first-order chi connectivity index (χ1) is 8.65. The molecular formula is C15H22N2O. The highest BCUT2D eigenvalue weighted by molar-refractivity contribution is 6.02. The fraction of sp³-hybridized carbons (Fsp3) is 0.467. The maximum atomic E-state index is 11.5. The number of carbonyl (C=O) groups excluding carboxylic acids is 1. The zero-order chi connectivity index (χ0) is 13.4. The van der Waals surface area contributed by atoms with Gasteiger partial charge in [0.1, 0.15) is 0 Å². The van der Waals surface area contributed by atoms with E-state index in [2.05, 4.69) is 31.3 Å². The number of carbonyl (C=O) groups is 1. The van der Waals surface area contributed by atoms with Crippen LogP contribution in [0.2, 0.25) is 0 Å². The minimum absolute atomic E-state index is 0.00840. The van der Waals surface area contributed by atoms with Crippen molar-refractivity contribution in [2.75, 3.05) is 0 Å². The first-order valence-electron chi connectivity index (χ1n) is 6.57. The van der Waals surface area contributed by atoms with Crippen LogP contribution in [0.1, 0.15) is 45.6 Å².